The molecule has 1 heterocycles. The van der Waals surface area contributed by atoms with Crippen LogP contribution in [0.1, 0.15) is 66.6 Å². The lowest BCUT2D eigenvalue weighted by atomic mass is 10.1. The summed E-state index contributed by atoms with van der Waals surface area (Å²) in [5.74, 6) is -0.157. The van der Waals surface area contributed by atoms with Gasteiger partial charge in [0.2, 0.25) is 0 Å². The van der Waals surface area contributed by atoms with Crippen molar-refractivity contribution in [1.29, 1.82) is 0 Å². The highest BCUT2D eigenvalue weighted by molar-refractivity contribution is 8.04. The number of unbranched alkanes of at least 4 members (excludes halogenated alkanes) is 2. The smallest absolute Gasteiger partial charge is 0.265 e. The molecule has 3 aromatic carbocycles. The number of rotatable bonds is 13. The molecule has 0 saturated heterocycles. The molecule has 1 aliphatic heterocycles. The van der Waals surface area contributed by atoms with Crippen LogP contribution in [0.2, 0.25) is 0 Å². The first-order chi connectivity index (χ1) is 19.5. The van der Waals surface area contributed by atoms with Gasteiger partial charge in [-0.15, -0.1) is 0 Å². The summed E-state index contributed by atoms with van der Waals surface area (Å²) >= 11 is 1.47. The number of amides is 2. The van der Waals surface area contributed by atoms with E-state index in [4.69, 9.17) is 0 Å². The van der Waals surface area contributed by atoms with E-state index in [0.29, 0.717) is 23.6 Å². The van der Waals surface area contributed by atoms with Crippen LogP contribution in [0.5, 0.6) is 0 Å². The average molecular weight is 556 g/mol. The van der Waals surface area contributed by atoms with E-state index in [0.717, 1.165) is 46.9 Å². The van der Waals surface area contributed by atoms with Crippen LogP contribution in [-0.4, -0.2) is 42.9 Å². The van der Waals surface area contributed by atoms with E-state index in [1.807, 2.05) is 71.6 Å². The van der Waals surface area contributed by atoms with Crippen LogP contribution in [0, 0.1) is 6.92 Å². The van der Waals surface area contributed by atoms with Gasteiger partial charge in [0.25, 0.3) is 11.8 Å². The molecule has 3 aromatic rings. The summed E-state index contributed by atoms with van der Waals surface area (Å²) in [6, 6.07) is 23.8. The maximum absolute atomic E-state index is 13.8. The molecule has 0 fully saturated rings. The Morgan fingerprint density at radius 2 is 1.68 bits per heavy atom. The fourth-order valence-electron chi connectivity index (χ4n) is 4.83. The fourth-order valence-corrected chi connectivity index (χ4v) is 5.87. The third kappa shape index (κ3) is 8.09. The molecule has 6 heteroatoms. The first-order valence-corrected chi connectivity index (χ1v) is 15.3. The van der Waals surface area contributed by atoms with Crippen LogP contribution in [0.15, 0.2) is 82.6 Å². The fraction of sp³-hybridized carbons (Fsp3) is 0.353. The number of nitrogens with one attached hydrogen (secondary N) is 1. The van der Waals surface area contributed by atoms with E-state index in [-0.39, 0.29) is 11.8 Å². The van der Waals surface area contributed by atoms with Crippen molar-refractivity contribution < 1.29 is 9.59 Å². The van der Waals surface area contributed by atoms with Gasteiger partial charge >= 0.3 is 0 Å². The van der Waals surface area contributed by atoms with E-state index in [9.17, 15) is 9.59 Å². The number of hydrogen-bond acceptors (Lipinski definition) is 4. The predicted octanol–water partition coefficient (Wildman–Crippen LogP) is 7.31. The zero-order chi connectivity index (χ0) is 28.3. The van der Waals surface area contributed by atoms with Crippen LogP contribution in [-0.2, 0) is 11.3 Å². The third-order valence-corrected chi connectivity index (χ3v) is 8.16. The van der Waals surface area contributed by atoms with Crippen LogP contribution >= 0.6 is 11.8 Å². The molecular weight excluding hydrogens is 514 g/mol. The van der Waals surface area contributed by atoms with E-state index in [2.05, 4.69) is 43.1 Å². The number of benzene rings is 3. The number of fused-ring (bicyclic) bond motifs is 1. The van der Waals surface area contributed by atoms with Gasteiger partial charge in [0, 0.05) is 23.5 Å². The number of hydrogen-bond donors (Lipinski definition) is 1. The lowest BCUT2D eigenvalue weighted by molar-refractivity contribution is -0.114. The standard InChI is InChI=1S/C34H41N3O2S/c1-4-6-19-36(20-7-5-2)21-18-35-33(38)29-16-17-31-30(24-29)37(25-28-15-11-12-26(3)22-28)34(39)32(40-31)23-27-13-9-8-10-14-27/h8-17,22-24H,4-7,18-21,25H2,1-3H3,(H,35,38)/b32-23-. The molecule has 1 aliphatic rings. The maximum Gasteiger partial charge on any atom is 0.265 e. The maximum atomic E-state index is 13.8. The van der Waals surface area contributed by atoms with E-state index in [1.165, 1.54) is 37.4 Å². The van der Waals surface area contributed by atoms with Crippen molar-refractivity contribution in [2.45, 2.75) is 57.9 Å². The molecule has 5 nitrogen and oxygen atoms in total. The SMILES string of the molecule is CCCCN(CCCC)CCNC(=O)c1ccc2c(c1)N(Cc1cccc(C)c1)C(=O)/C(=C/c1ccccc1)S2. The highest BCUT2D eigenvalue weighted by Gasteiger charge is 2.30. The van der Waals surface area contributed by atoms with Gasteiger partial charge in [-0.05, 0) is 68.3 Å². The normalized spacial score (nSPS) is 14.1. The Kier molecular flexibility index (Phi) is 11.0. The highest BCUT2D eigenvalue weighted by atomic mass is 32.2. The monoisotopic (exact) mass is 555 g/mol. The second kappa shape index (κ2) is 14.9. The lowest BCUT2D eigenvalue weighted by Gasteiger charge is -2.31. The summed E-state index contributed by atoms with van der Waals surface area (Å²) in [6.45, 7) is 10.5. The summed E-state index contributed by atoms with van der Waals surface area (Å²) in [5.41, 5.74) is 4.55. The Balaban J connectivity index is 1.55. The zero-order valence-corrected chi connectivity index (χ0v) is 24.8. The van der Waals surface area contributed by atoms with Crippen molar-refractivity contribution in [3.63, 3.8) is 0 Å². The highest BCUT2D eigenvalue weighted by Crippen LogP contribution is 2.43. The minimum Gasteiger partial charge on any atom is -0.351 e. The Morgan fingerprint density at radius 3 is 2.38 bits per heavy atom. The first kappa shape index (κ1) is 29.6. The van der Waals surface area contributed by atoms with Crippen LogP contribution in [0.25, 0.3) is 6.08 Å². The molecule has 0 bridgehead atoms. The summed E-state index contributed by atoms with van der Waals surface area (Å²) in [4.78, 5) is 32.9. The summed E-state index contributed by atoms with van der Waals surface area (Å²) in [5, 5.41) is 3.11. The molecule has 4 rings (SSSR count). The van der Waals surface area contributed by atoms with Crippen LogP contribution in [0.4, 0.5) is 5.69 Å². The molecule has 0 saturated carbocycles. The second-order valence-electron chi connectivity index (χ2n) is 10.4. The number of thioether (sulfide) groups is 1. The molecule has 0 radical (unpaired) electrons. The Hall–Kier alpha value is -3.35. The summed E-state index contributed by atoms with van der Waals surface area (Å²) in [6.07, 6.45) is 6.63. The lowest BCUT2D eigenvalue weighted by Crippen LogP contribution is -2.36. The van der Waals surface area contributed by atoms with Gasteiger partial charge in [-0.25, -0.2) is 0 Å². The second-order valence-corrected chi connectivity index (χ2v) is 11.5. The number of nitrogens with zero attached hydrogens (tertiary/aromatic N) is 2. The minimum absolute atomic E-state index is 0.0529. The Labute approximate surface area is 243 Å². The number of carbonyl (C=O) groups excluding carboxylic acids is 2. The number of aryl methyl sites for hydroxylation is 1. The molecule has 0 atom stereocenters. The van der Waals surface area contributed by atoms with Crippen molar-refractivity contribution in [3.05, 3.63) is 100.0 Å². The van der Waals surface area contributed by atoms with E-state index in [1.54, 1.807) is 0 Å². The Bertz CT molecular complexity index is 1310. The van der Waals surface area contributed by atoms with Crippen molar-refractivity contribution in [1.82, 2.24) is 10.2 Å². The molecule has 2 amide bonds. The largest absolute Gasteiger partial charge is 0.351 e. The minimum atomic E-state index is -0.104. The van der Waals surface area contributed by atoms with E-state index >= 15 is 0 Å². The molecule has 0 unspecified atom stereocenters. The van der Waals surface area contributed by atoms with Crippen LogP contribution < -0.4 is 10.2 Å². The van der Waals surface area contributed by atoms with E-state index < -0.39 is 0 Å². The molecule has 1 N–H and O–H groups in total. The number of carbonyl (C=O) groups is 2. The van der Waals surface area contributed by atoms with Gasteiger partial charge in [-0.3, -0.25) is 9.59 Å². The Morgan fingerprint density at radius 1 is 0.925 bits per heavy atom. The van der Waals surface area contributed by atoms with Gasteiger partial charge in [0.15, 0.2) is 0 Å². The predicted molar refractivity (Wildman–Crippen MR) is 168 cm³/mol. The molecule has 210 valence electrons. The summed E-state index contributed by atoms with van der Waals surface area (Å²) < 4.78 is 0. The van der Waals surface area contributed by atoms with Gasteiger partial charge < -0.3 is 15.1 Å². The number of anilines is 1. The van der Waals surface area contributed by atoms with Crippen molar-refractivity contribution in [2.75, 3.05) is 31.1 Å². The van der Waals surface area contributed by atoms with Gasteiger partial charge in [-0.2, -0.15) is 0 Å². The molecule has 0 aliphatic carbocycles. The van der Waals surface area contributed by atoms with Gasteiger partial charge in [-0.1, -0.05) is 98.6 Å². The van der Waals surface area contributed by atoms with Crippen molar-refractivity contribution in [3.8, 4) is 0 Å². The van der Waals surface area contributed by atoms with Crippen molar-refractivity contribution >= 4 is 35.3 Å². The van der Waals surface area contributed by atoms with Crippen molar-refractivity contribution in [2.24, 2.45) is 0 Å². The zero-order valence-electron chi connectivity index (χ0n) is 24.0. The average Bonchev–Trinajstić information content (AvgIpc) is 2.96. The summed E-state index contributed by atoms with van der Waals surface area (Å²) in [7, 11) is 0. The van der Waals surface area contributed by atoms with Gasteiger partial charge in [0.05, 0.1) is 17.1 Å². The first-order valence-electron chi connectivity index (χ1n) is 14.4. The quantitative estimate of drug-likeness (QED) is 0.225. The molecular formula is C34H41N3O2S. The molecule has 40 heavy (non-hydrogen) atoms. The molecule has 0 spiro atoms. The topological polar surface area (TPSA) is 52.7 Å². The van der Waals surface area contributed by atoms with Crippen LogP contribution in [0.3, 0.4) is 0 Å². The third-order valence-electron chi connectivity index (χ3n) is 7.08. The molecule has 0 aromatic heterocycles. The van der Waals surface area contributed by atoms with Gasteiger partial charge in [0.1, 0.15) is 0 Å².